The topological polar surface area (TPSA) is 113 Å². The molecular formula is C20H31NO6. The predicted octanol–water partition coefficient (Wildman–Crippen LogP) is 3.47. The van der Waals surface area contributed by atoms with Gasteiger partial charge >= 0.3 is 11.9 Å². The number of esters is 1. The van der Waals surface area contributed by atoms with Gasteiger partial charge in [-0.2, -0.15) is 0 Å². The minimum Gasteiger partial charge on any atom is -0.511 e. The third-order valence-electron chi connectivity index (χ3n) is 4.23. The first-order chi connectivity index (χ1) is 12.1. The van der Waals surface area contributed by atoms with Gasteiger partial charge in [0, 0.05) is 18.6 Å². The summed E-state index contributed by atoms with van der Waals surface area (Å²) in [7, 11) is 0. The summed E-state index contributed by atoms with van der Waals surface area (Å²) in [6.45, 7) is 12.1. The van der Waals surface area contributed by atoms with Gasteiger partial charge in [0.2, 0.25) is 0 Å². The van der Waals surface area contributed by atoms with Crippen LogP contribution in [0.4, 0.5) is 0 Å². The predicted molar refractivity (Wildman–Crippen MR) is 102 cm³/mol. The second-order valence-corrected chi connectivity index (χ2v) is 9.00. The lowest BCUT2D eigenvalue weighted by atomic mass is 9.75. The Kier molecular flexibility index (Phi) is 6.97. The van der Waals surface area contributed by atoms with E-state index in [1.54, 1.807) is 27.7 Å². The zero-order valence-electron chi connectivity index (χ0n) is 17.3. The molecule has 27 heavy (non-hydrogen) atoms. The van der Waals surface area contributed by atoms with Gasteiger partial charge in [0.05, 0.1) is 11.5 Å². The standard InChI is InChI=1S/C20H31NO6/c1-11(18(26)27-19(3,4)5)8-13(17(24)25)21-12(2)16-14(22)9-20(6,7)10-15(16)23/h11,13,22H,8-10H2,1-7H3,(H,24,25)/t11?,13-/m0/s1. The lowest BCUT2D eigenvalue weighted by Crippen LogP contribution is -2.32. The quantitative estimate of drug-likeness (QED) is 0.538. The molecule has 1 unspecified atom stereocenters. The van der Waals surface area contributed by atoms with Crippen LogP contribution in [0.3, 0.4) is 0 Å². The molecule has 7 heteroatoms. The molecule has 0 saturated heterocycles. The average molecular weight is 381 g/mol. The lowest BCUT2D eigenvalue weighted by Gasteiger charge is -2.29. The molecule has 0 fully saturated rings. The van der Waals surface area contributed by atoms with Crippen LogP contribution in [0.15, 0.2) is 16.3 Å². The largest absolute Gasteiger partial charge is 0.511 e. The number of carbonyl (C=O) groups is 3. The fourth-order valence-electron chi connectivity index (χ4n) is 3.04. The van der Waals surface area contributed by atoms with Crippen molar-refractivity contribution in [3.05, 3.63) is 11.3 Å². The molecule has 2 N–H and O–H groups in total. The molecule has 0 saturated carbocycles. The molecule has 2 atom stereocenters. The summed E-state index contributed by atoms with van der Waals surface area (Å²) in [5, 5.41) is 19.7. The number of aliphatic carboxylic acids is 1. The van der Waals surface area contributed by atoms with E-state index in [0.29, 0.717) is 6.42 Å². The molecule has 0 aliphatic heterocycles. The Morgan fingerprint density at radius 1 is 1.26 bits per heavy atom. The van der Waals surface area contributed by atoms with Crippen LogP contribution in [0.2, 0.25) is 0 Å². The fourth-order valence-corrected chi connectivity index (χ4v) is 3.04. The summed E-state index contributed by atoms with van der Waals surface area (Å²) in [5.41, 5.74) is -0.744. The second-order valence-electron chi connectivity index (χ2n) is 9.00. The molecule has 1 rings (SSSR count). The summed E-state index contributed by atoms with van der Waals surface area (Å²) in [6, 6.07) is -1.21. The molecule has 0 heterocycles. The molecule has 0 amide bonds. The molecular weight excluding hydrogens is 350 g/mol. The van der Waals surface area contributed by atoms with Crippen LogP contribution in [0, 0.1) is 11.3 Å². The molecule has 0 aromatic heterocycles. The Balaban J connectivity index is 3.03. The number of Topliss-reactive ketones (excluding diaryl/α,β-unsaturated/α-hetero) is 1. The third kappa shape index (κ3) is 6.81. The van der Waals surface area contributed by atoms with Crippen molar-refractivity contribution in [2.45, 2.75) is 79.4 Å². The van der Waals surface area contributed by atoms with Gasteiger partial charge < -0.3 is 14.9 Å². The van der Waals surface area contributed by atoms with E-state index < -0.39 is 29.5 Å². The molecule has 0 aromatic rings. The average Bonchev–Trinajstić information content (AvgIpc) is 2.41. The molecule has 0 spiro atoms. The van der Waals surface area contributed by atoms with Gasteiger partial charge in [-0.15, -0.1) is 0 Å². The zero-order chi connectivity index (χ0) is 21.2. The first-order valence-corrected chi connectivity index (χ1v) is 9.09. The van der Waals surface area contributed by atoms with Gasteiger partial charge in [-0.1, -0.05) is 20.8 Å². The molecule has 7 nitrogen and oxygen atoms in total. The first-order valence-electron chi connectivity index (χ1n) is 9.09. The minimum atomic E-state index is -1.21. The van der Waals surface area contributed by atoms with Crippen molar-refractivity contribution in [2.24, 2.45) is 16.3 Å². The molecule has 0 aromatic carbocycles. The normalized spacial score (nSPS) is 20.3. The highest BCUT2D eigenvalue weighted by molar-refractivity contribution is 6.22. The van der Waals surface area contributed by atoms with Crippen molar-refractivity contribution in [1.82, 2.24) is 0 Å². The third-order valence-corrected chi connectivity index (χ3v) is 4.23. The van der Waals surface area contributed by atoms with Crippen molar-refractivity contribution in [2.75, 3.05) is 0 Å². The number of carbonyl (C=O) groups excluding carboxylic acids is 2. The first kappa shape index (κ1) is 22.9. The van der Waals surface area contributed by atoms with Gasteiger partial charge in [-0.25, -0.2) is 4.79 Å². The molecule has 1 aliphatic rings. The number of ether oxygens (including phenoxy) is 1. The van der Waals surface area contributed by atoms with Gasteiger partial charge in [-0.05, 0) is 39.5 Å². The molecule has 0 bridgehead atoms. The number of rotatable bonds is 6. The summed E-state index contributed by atoms with van der Waals surface area (Å²) < 4.78 is 5.27. The van der Waals surface area contributed by atoms with Gasteiger partial charge in [0.15, 0.2) is 5.78 Å². The van der Waals surface area contributed by atoms with Crippen LogP contribution in [0.1, 0.15) is 67.7 Å². The number of hydrogen-bond acceptors (Lipinski definition) is 6. The monoisotopic (exact) mass is 381 g/mol. The van der Waals surface area contributed by atoms with E-state index in [9.17, 15) is 24.6 Å². The van der Waals surface area contributed by atoms with Crippen LogP contribution >= 0.6 is 0 Å². The van der Waals surface area contributed by atoms with Gasteiger partial charge in [0.25, 0.3) is 0 Å². The van der Waals surface area contributed by atoms with E-state index in [1.807, 2.05) is 13.8 Å². The summed E-state index contributed by atoms with van der Waals surface area (Å²) in [5.74, 6) is -2.70. The number of aliphatic imine (C=N–C) groups is 1. The number of hydrogen-bond donors (Lipinski definition) is 2. The van der Waals surface area contributed by atoms with Gasteiger partial charge in [-0.3, -0.25) is 14.6 Å². The maximum atomic E-state index is 12.4. The zero-order valence-corrected chi connectivity index (χ0v) is 17.3. The number of aliphatic hydroxyl groups is 1. The van der Waals surface area contributed by atoms with E-state index in [1.165, 1.54) is 6.92 Å². The Hall–Kier alpha value is -2.18. The second kappa shape index (κ2) is 8.23. The smallest absolute Gasteiger partial charge is 0.328 e. The van der Waals surface area contributed by atoms with Crippen LogP contribution in [-0.4, -0.2) is 45.3 Å². The SMILES string of the molecule is CC(=N[C@@H](CC(C)C(=O)OC(C)(C)C)C(=O)O)C1=C(O)CC(C)(C)CC1=O. The number of allylic oxidation sites excluding steroid dienone is 2. The van der Waals surface area contributed by atoms with Crippen LogP contribution < -0.4 is 0 Å². The Morgan fingerprint density at radius 3 is 2.26 bits per heavy atom. The molecule has 1 aliphatic carbocycles. The van der Waals surface area contributed by atoms with E-state index in [2.05, 4.69) is 4.99 Å². The van der Waals surface area contributed by atoms with E-state index >= 15 is 0 Å². The van der Waals surface area contributed by atoms with E-state index in [0.717, 1.165) is 0 Å². The fraction of sp³-hybridized carbons (Fsp3) is 0.700. The van der Waals surface area contributed by atoms with Crippen molar-refractivity contribution in [3.8, 4) is 0 Å². The van der Waals surface area contributed by atoms with Crippen molar-refractivity contribution in [3.63, 3.8) is 0 Å². The number of aliphatic hydroxyl groups excluding tert-OH is 1. The Bertz CT molecular complexity index is 681. The van der Waals surface area contributed by atoms with Crippen LogP contribution in [0.5, 0.6) is 0 Å². The number of carboxylic acid groups (broad SMARTS) is 1. The van der Waals surface area contributed by atoms with Crippen LogP contribution in [0.25, 0.3) is 0 Å². The van der Waals surface area contributed by atoms with Crippen molar-refractivity contribution in [1.29, 1.82) is 0 Å². The summed E-state index contributed by atoms with van der Waals surface area (Å²) in [6.07, 6.45) is 0.521. The maximum absolute atomic E-state index is 12.4. The highest BCUT2D eigenvalue weighted by atomic mass is 16.6. The summed E-state index contributed by atoms with van der Waals surface area (Å²) in [4.78, 5) is 40.2. The maximum Gasteiger partial charge on any atom is 0.328 e. The highest BCUT2D eigenvalue weighted by Crippen LogP contribution is 2.36. The van der Waals surface area contributed by atoms with Gasteiger partial charge in [0.1, 0.15) is 17.4 Å². The molecule has 0 radical (unpaired) electrons. The van der Waals surface area contributed by atoms with Crippen LogP contribution in [-0.2, 0) is 19.1 Å². The lowest BCUT2D eigenvalue weighted by molar-refractivity contribution is -0.159. The number of carboxylic acids is 1. The minimum absolute atomic E-state index is 0.0602. The number of nitrogens with zero attached hydrogens (tertiary/aromatic N) is 1. The Labute approximate surface area is 160 Å². The van der Waals surface area contributed by atoms with Crippen molar-refractivity contribution < 1.29 is 29.3 Å². The van der Waals surface area contributed by atoms with Crippen molar-refractivity contribution >= 4 is 23.4 Å². The highest BCUT2D eigenvalue weighted by Gasteiger charge is 2.35. The summed E-state index contributed by atoms with van der Waals surface area (Å²) >= 11 is 0. The number of ketones is 1. The molecule has 152 valence electrons. The Morgan fingerprint density at radius 2 is 1.81 bits per heavy atom. The van der Waals surface area contributed by atoms with E-state index in [-0.39, 0.29) is 41.1 Å². The van der Waals surface area contributed by atoms with E-state index in [4.69, 9.17) is 4.74 Å².